The van der Waals surface area contributed by atoms with E-state index < -0.39 is 12.1 Å². The topological polar surface area (TPSA) is 57.5 Å². The molecule has 0 amide bonds. The number of allylic oxidation sites excluding steroid dienone is 1. The quantitative estimate of drug-likeness (QED) is 0.327. The zero-order chi connectivity index (χ0) is 15.8. The van der Waals surface area contributed by atoms with Crippen LogP contribution in [0, 0.1) is 0 Å². The number of aliphatic hydroxyl groups is 1. The number of hydrogen-bond acceptors (Lipinski definition) is 2. The molecule has 0 aromatic heterocycles. The van der Waals surface area contributed by atoms with Crippen molar-refractivity contribution in [2.75, 3.05) is 0 Å². The molecule has 0 unspecified atom stereocenters. The fraction of sp³-hybridized carbons (Fsp3) is 0.833. The predicted octanol–water partition coefficient (Wildman–Crippen LogP) is 5.08. The summed E-state index contributed by atoms with van der Waals surface area (Å²) in [6.07, 6.45) is 18.5. The van der Waals surface area contributed by atoms with Gasteiger partial charge in [0.2, 0.25) is 0 Å². The maximum atomic E-state index is 10.4. The molecule has 0 aliphatic heterocycles. The number of carbonyl (C=O) groups is 1. The molecule has 0 heterocycles. The predicted molar refractivity (Wildman–Crippen MR) is 88.5 cm³/mol. The molecule has 3 nitrogen and oxygen atoms in total. The number of aliphatic hydroxyl groups excluding tert-OH is 1. The lowest BCUT2D eigenvalue weighted by molar-refractivity contribution is -0.144. The van der Waals surface area contributed by atoms with Gasteiger partial charge in [-0.25, -0.2) is 4.79 Å². The third-order valence-electron chi connectivity index (χ3n) is 3.80. The Morgan fingerprint density at radius 1 is 0.857 bits per heavy atom. The number of unbranched alkanes of at least 4 members (excludes halogenated alkanes) is 12. The lowest BCUT2D eigenvalue weighted by atomic mass is 10.0. The molecule has 3 heteroatoms. The van der Waals surface area contributed by atoms with Crippen molar-refractivity contribution in [3.8, 4) is 0 Å². The first kappa shape index (κ1) is 20.2. The second-order valence-corrected chi connectivity index (χ2v) is 5.89. The van der Waals surface area contributed by atoms with Crippen molar-refractivity contribution in [1.29, 1.82) is 0 Å². The highest BCUT2D eigenvalue weighted by molar-refractivity contribution is 5.74. The van der Waals surface area contributed by atoms with E-state index in [1.165, 1.54) is 76.7 Å². The Balaban J connectivity index is 3.14. The minimum atomic E-state index is -1.35. The highest BCUT2D eigenvalue weighted by atomic mass is 16.4. The largest absolute Gasteiger partial charge is 0.479 e. The zero-order valence-electron chi connectivity index (χ0n) is 13.7. The van der Waals surface area contributed by atoms with Crippen molar-refractivity contribution in [1.82, 2.24) is 0 Å². The fourth-order valence-corrected chi connectivity index (χ4v) is 2.41. The van der Waals surface area contributed by atoms with Crippen molar-refractivity contribution in [2.24, 2.45) is 0 Å². The summed E-state index contributed by atoms with van der Waals surface area (Å²) in [6.45, 7) is 2.25. The van der Waals surface area contributed by atoms with Crippen molar-refractivity contribution in [3.63, 3.8) is 0 Å². The molecular formula is C18H34O3. The molecule has 0 radical (unpaired) electrons. The van der Waals surface area contributed by atoms with Crippen LogP contribution in [0.3, 0.4) is 0 Å². The summed E-state index contributed by atoms with van der Waals surface area (Å²) in [5, 5.41) is 17.5. The van der Waals surface area contributed by atoms with E-state index in [2.05, 4.69) is 6.92 Å². The van der Waals surface area contributed by atoms with E-state index in [0.717, 1.165) is 12.8 Å². The van der Waals surface area contributed by atoms with E-state index in [-0.39, 0.29) is 0 Å². The molecule has 0 fully saturated rings. The molecule has 0 aliphatic carbocycles. The van der Waals surface area contributed by atoms with Crippen LogP contribution in [0.1, 0.15) is 90.4 Å². The monoisotopic (exact) mass is 298 g/mol. The van der Waals surface area contributed by atoms with Gasteiger partial charge in [-0.3, -0.25) is 0 Å². The van der Waals surface area contributed by atoms with Gasteiger partial charge >= 0.3 is 5.97 Å². The van der Waals surface area contributed by atoms with E-state index in [1.54, 1.807) is 6.08 Å². The molecule has 0 aromatic carbocycles. The zero-order valence-corrected chi connectivity index (χ0v) is 13.7. The van der Waals surface area contributed by atoms with Gasteiger partial charge in [-0.1, -0.05) is 83.6 Å². The van der Waals surface area contributed by atoms with E-state index in [9.17, 15) is 4.79 Å². The molecule has 0 rings (SSSR count). The third-order valence-corrected chi connectivity index (χ3v) is 3.80. The Hall–Kier alpha value is -0.830. The first-order chi connectivity index (χ1) is 10.2. The fourth-order valence-electron chi connectivity index (χ4n) is 2.41. The summed E-state index contributed by atoms with van der Waals surface area (Å²) in [4.78, 5) is 10.4. The second kappa shape index (κ2) is 15.6. The molecule has 0 saturated heterocycles. The number of hydrogen-bond donors (Lipinski definition) is 2. The SMILES string of the molecule is CCCCCCCCCCCCCC/C=C/[C@@H](O)C(=O)O. The van der Waals surface area contributed by atoms with Gasteiger partial charge in [-0.2, -0.15) is 0 Å². The van der Waals surface area contributed by atoms with E-state index in [4.69, 9.17) is 10.2 Å². The normalized spacial score (nSPS) is 12.9. The first-order valence-electron chi connectivity index (χ1n) is 8.76. The lowest BCUT2D eigenvalue weighted by Gasteiger charge is -2.02. The van der Waals surface area contributed by atoms with Crippen LogP contribution in [0.4, 0.5) is 0 Å². The molecule has 21 heavy (non-hydrogen) atoms. The molecule has 124 valence electrons. The molecule has 2 N–H and O–H groups in total. The van der Waals surface area contributed by atoms with Crippen molar-refractivity contribution in [3.05, 3.63) is 12.2 Å². The molecule has 0 saturated carbocycles. The highest BCUT2D eigenvalue weighted by Crippen LogP contribution is 2.12. The van der Waals surface area contributed by atoms with Gasteiger partial charge in [-0.05, 0) is 18.9 Å². The Kier molecular flexibility index (Phi) is 14.9. The van der Waals surface area contributed by atoms with Crippen LogP contribution < -0.4 is 0 Å². The van der Waals surface area contributed by atoms with E-state index in [1.807, 2.05) is 0 Å². The summed E-state index contributed by atoms with van der Waals surface area (Å²) in [5.41, 5.74) is 0. The van der Waals surface area contributed by atoms with Crippen LogP contribution in [0.2, 0.25) is 0 Å². The van der Waals surface area contributed by atoms with Crippen LogP contribution >= 0.6 is 0 Å². The minimum Gasteiger partial charge on any atom is -0.479 e. The van der Waals surface area contributed by atoms with Gasteiger partial charge in [-0.15, -0.1) is 0 Å². The van der Waals surface area contributed by atoms with Crippen molar-refractivity contribution < 1.29 is 15.0 Å². The first-order valence-corrected chi connectivity index (χ1v) is 8.76. The highest BCUT2D eigenvalue weighted by Gasteiger charge is 2.06. The molecule has 0 aromatic rings. The summed E-state index contributed by atoms with van der Waals surface area (Å²) in [5.74, 6) is -1.18. The van der Waals surface area contributed by atoms with Crippen molar-refractivity contribution >= 4 is 5.97 Å². The Morgan fingerprint density at radius 3 is 1.71 bits per heavy atom. The summed E-state index contributed by atoms with van der Waals surface area (Å²) < 4.78 is 0. The van der Waals surface area contributed by atoms with Crippen LogP contribution in [0.25, 0.3) is 0 Å². The second-order valence-electron chi connectivity index (χ2n) is 5.89. The van der Waals surface area contributed by atoms with Crippen molar-refractivity contribution in [2.45, 2.75) is 96.5 Å². The maximum Gasteiger partial charge on any atom is 0.336 e. The molecule has 0 spiro atoms. The number of carboxylic acid groups (broad SMARTS) is 1. The molecular weight excluding hydrogens is 264 g/mol. The average Bonchev–Trinajstić information content (AvgIpc) is 2.47. The smallest absolute Gasteiger partial charge is 0.336 e. The molecule has 0 aliphatic rings. The van der Waals surface area contributed by atoms with Crippen LogP contribution in [0.5, 0.6) is 0 Å². The standard InChI is InChI=1S/C18H34O3/c1-2-3-4-5-6-7-8-9-10-11-12-13-14-15-16-17(19)18(20)21/h15-17,19H,2-14H2,1H3,(H,20,21)/b16-15+/t17-/m1/s1. The molecule has 1 atom stereocenters. The Bertz CT molecular complexity index is 261. The summed E-state index contributed by atoms with van der Waals surface area (Å²) >= 11 is 0. The van der Waals surface area contributed by atoms with Gasteiger partial charge in [0.25, 0.3) is 0 Å². The van der Waals surface area contributed by atoms with Gasteiger partial charge in [0.15, 0.2) is 6.10 Å². The Labute approximate surface area is 130 Å². The van der Waals surface area contributed by atoms with Crippen LogP contribution in [0.15, 0.2) is 12.2 Å². The van der Waals surface area contributed by atoms with Gasteiger partial charge < -0.3 is 10.2 Å². The van der Waals surface area contributed by atoms with E-state index >= 15 is 0 Å². The van der Waals surface area contributed by atoms with E-state index in [0.29, 0.717) is 0 Å². The lowest BCUT2D eigenvalue weighted by Crippen LogP contribution is -2.15. The minimum absolute atomic E-state index is 0.863. The van der Waals surface area contributed by atoms with Crippen LogP contribution in [-0.2, 0) is 4.79 Å². The van der Waals surface area contributed by atoms with Gasteiger partial charge in [0.1, 0.15) is 0 Å². The number of rotatable bonds is 15. The number of carboxylic acids is 1. The average molecular weight is 298 g/mol. The van der Waals surface area contributed by atoms with Crippen LogP contribution in [-0.4, -0.2) is 22.3 Å². The number of aliphatic carboxylic acids is 1. The van der Waals surface area contributed by atoms with Gasteiger partial charge in [0.05, 0.1) is 0 Å². The summed E-state index contributed by atoms with van der Waals surface area (Å²) in [7, 11) is 0. The Morgan fingerprint density at radius 2 is 1.29 bits per heavy atom. The third kappa shape index (κ3) is 15.4. The summed E-state index contributed by atoms with van der Waals surface area (Å²) in [6, 6.07) is 0. The molecule has 0 bridgehead atoms. The maximum absolute atomic E-state index is 10.4. The van der Waals surface area contributed by atoms with Gasteiger partial charge in [0, 0.05) is 0 Å².